The Hall–Kier alpha value is -7.16. The monoisotopic (exact) mass is 860 g/mol. The zero-order chi connectivity index (χ0) is 44.2. The molecule has 1 spiro atoms. The second-order valence-corrected chi connectivity index (χ2v) is 21.3. The molecule has 10 aromatic rings. The molecule has 4 saturated carbocycles. The van der Waals surface area contributed by atoms with Crippen LogP contribution in [0.4, 0.5) is 17.1 Å². The standard InChI is InChI=1S/C65H52N2/c1-64(2)57-21-11-8-17-50(57)52-28-25-47(39-59(52)64)66(46-26-30-63-56(38-46)55-20-10-13-23-61(55)67(63)45-14-4-3-5-15-45)62-31-29-48(49-16-6-7-19-54(49)62)42-24-27-53-51-18-9-12-22-58(51)65(60(53)37-42)43-33-40-32-41(35-43)36-44(65)34-40/h3-31,37-41,43-44H,32-36H2,1-2H3. The van der Waals surface area contributed by atoms with E-state index in [2.05, 4.69) is 217 Å². The van der Waals surface area contributed by atoms with E-state index in [0.717, 1.165) is 29.4 Å². The predicted octanol–water partition coefficient (Wildman–Crippen LogP) is 17.1. The van der Waals surface area contributed by atoms with Crippen LogP contribution in [-0.2, 0) is 10.8 Å². The number of aromatic nitrogens is 1. The fourth-order valence-corrected chi connectivity index (χ4v) is 15.3. The maximum absolute atomic E-state index is 2.66. The largest absolute Gasteiger partial charge is 0.310 e. The molecule has 0 aliphatic heterocycles. The molecule has 4 fully saturated rings. The van der Waals surface area contributed by atoms with Crippen molar-refractivity contribution in [2.45, 2.75) is 56.8 Å². The topological polar surface area (TPSA) is 8.17 Å². The highest BCUT2D eigenvalue weighted by molar-refractivity contribution is 6.12. The molecular weight excluding hydrogens is 809 g/mol. The Morgan fingerprint density at radius 3 is 1.76 bits per heavy atom. The highest BCUT2D eigenvalue weighted by Gasteiger charge is 2.61. The van der Waals surface area contributed by atoms with Crippen molar-refractivity contribution in [1.29, 1.82) is 0 Å². The van der Waals surface area contributed by atoms with E-state index in [1.165, 1.54) is 126 Å². The molecule has 1 aromatic heterocycles. The van der Waals surface area contributed by atoms with Crippen LogP contribution in [0.5, 0.6) is 0 Å². The summed E-state index contributed by atoms with van der Waals surface area (Å²) in [6.07, 6.45) is 7.03. The third kappa shape index (κ3) is 5.11. The van der Waals surface area contributed by atoms with Gasteiger partial charge in [-0.2, -0.15) is 0 Å². The van der Waals surface area contributed by atoms with Crippen LogP contribution >= 0.6 is 0 Å². The second kappa shape index (κ2) is 13.7. The maximum Gasteiger partial charge on any atom is 0.0542 e. The lowest BCUT2D eigenvalue weighted by Crippen LogP contribution is -2.55. The number of rotatable bonds is 5. The van der Waals surface area contributed by atoms with Crippen molar-refractivity contribution < 1.29 is 0 Å². The van der Waals surface area contributed by atoms with Crippen molar-refractivity contribution in [3.05, 3.63) is 216 Å². The number of benzene rings is 9. The number of hydrogen-bond acceptors (Lipinski definition) is 1. The van der Waals surface area contributed by atoms with Gasteiger partial charge >= 0.3 is 0 Å². The van der Waals surface area contributed by atoms with E-state index in [-0.39, 0.29) is 10.8 Å². The Balaban J connectivity index is 0.936. The summed E-state index contributed by atoms with van der Waals surface area (Å²) in [5.41, 5.74) is 21.4. The highest BCUT2D eigenvalue weighted by atomic mass is 15.1. The number of para-hydroxylation sites is 2. The average molecular weight is 861 g/mol. The van der Waals surface area contributed by atoms with Crippen LogP contribution in [0.2, 0.25) is 0 Å². The second-order valence-electron chi connectivity index (χ2n) is 21.3. The number of anilines is 3. The van der Waals surface area contributed by atoms with Crippen molar-refractivity contribution in [1.82, 2.24) is 4.57 Å². The summed E-state index contributed by atoms with van der Waals surface area (Å²) >= 11 is 0. The van der Waals surface area contributed by atoms with Gasteiger partial charge in [0.25, 0.3) is 0 Å². The zero-order valence-electron chi connectivity index (χ0n) is 38.2. The van der Waals surface area contributed by atoms with Crippen molar-refractivity contribution in [2.24, 2.45) is 23.7 Å². The fraction of sp³-hybridized carbons (Fsp3) is 0.200. The minimum Gasteiger partial charge on any atom is -0.310 e. The van der Waals surface area contributed by atoms with E-state index in [9.17, 15) is 0 Å². The lowest BCUT2D eigenvalue weighted by molar-refractivity contribution is -0.0399. The quantitative estimate of drug-likeness (QED) is 0.167. The summed E-state index contributed by atoms with van der Waals surface area (Å²) < 4.78 is 2.42. The van der Waals surface area contributed by atoms with Crippen LogP contribution < -0.4 is 4.90 Å². The van der Waals surface area contributed by atoms with Crippen LogP contribution in [0.1, 0.15) is 68.2 Å². The SMILES string of the molecule is CC1(C)c2ccccc2-c2ccc(N(c3ccc4c(c3)c3ccccc3n4-c3ccccc3)c3ccc(-c4ccc5c(c4)C4(c6ccccc6-5)C5CC6CC(C5)CC4C6)c4ccccc34)cc21. The van der Waals surface area contributed by atoms with Gasteiger partial charge in [-0.05, 0) is 177 Å². The molecule has 0 radical (unpaired) electrons. The minimum atomic E-state index is -0.131. The summed E-state index contributed by atoms with van der Waals surface area (Å²) in [7, 11) is 0. The lowest BCUT2D eigenvalue weighted by atomic mass is 9.43. The first-order valence-corrected chi connectivity index (χ1v) is 24.8. The van der Waals surface area contributed by atoms with E-state index >= 15 is 0 Å². The van der Waals surface area contributed by atoms with E-state index in [0.29, 0.717) is 0 Å². The predicted molar refractivity (Wildman–Crippen MR) is 279 cm³/mol. The van der Waals surface area contributed by atoms with Crippen molar-refractivity contribution >= 4 is 49.6 Å². The smallest absolute Gasteiger partial charge is 0.0542 e. The van der Waals surface area contributed by atoms with Gasteiger partial charge < -0.3 is 9.47 Å². The van der Waals surface area contributed by atoms with Crippen LogP contribution in [0, 0.1) is 23.7 Å². The van der Waals surface area contributed by atoms with Crippen molar-refractivity contribution in [2.75, 3.05) is 4.90 Å². The fourth-order valence-electron chi connectivity index (χ4n) is 15.3. The van der Waals surface area contributed by atoms with Crippen LogP contribution in [0.15, 0.2) is 194 Å². The molecule has 16 rings (SSSR count). The van der Waals surface area contributed by atoms with E-state index in [1.54, 1.807) is 11.1 Å². The Labute approximate surface area is 393 Å². The van der Waals surface area contributed by atoms with Gasteiger partial charge in [-0.15, -0.1) is 0 Å². The van der Waals surface area contributed by atoms with Crippen LogP contribution in [-0.4, -0.2) is 4.57 Å². The Morgan fingerprint density at radius 2 is 0.970 bits per heavy atom. The van der Waals surface area contributed by atoms with Gasteiger partial charge in [0.15, 0.2) is 0 Å². The van der Waals surface area contributed by atoms with Crippen LogP contribution in [0.25, 0.3) is 71.6 Å². The molecule has 0 N–H and O–H groups in total. The third-order valence-corrected chi connectivity index (χ3v) is 17.8. The molecule has 4 bridgehead atoms. The van der Waals surface area contributed by atoms with E-state index in [1.807, 2.05) is 0 Å². The van der Waals surface area contributed by atoms with E-state index in [4.69, 9.17) is 0 Å². The zero-order valence-corrected chi connectivity index (χ0v) is 38.2. The Morgan fingerprint density at radius 1 is 0.403 bits per heavy atom. The molecule has 0 amide bonds. The van der Waals surface area contributed by atoms with Crippen molar-refractivity contribution in [3.8, 4) is 39.1 Å². The minimum absolute atomic E-state index is 0.130. The molecule has 0 saturated heterocycles. The molecule has 2 heteroatoms. The van der Waals surface area contributed by atoms with Crippen molar-refractivity contribution in [3.63, 3.8) is 0 Å². The molecule has 6 aliphatic rings. The van der Waals surface area contributed by atoms with Gasteiger partial charge in [0.2, 0.25) is 0 Å². The normalized spacial score (nSPS) is 22.4. The van der Waals surface area contributed by atoms with Gasteiger partial charge in [0, 0.05) is 44.1 Å². The summed E-state index contributed by atoms with van der Waals surface area (Å²) in [6.45, 7) is 4.78. The van der Waals surface area contributed by atoms with Gasteiger partial charge in [-0.3, -0.25) is 0 Å². The summed E-state index contributed by atoms with van der Waals surface area (Å²) in [4.78, 5) is 2.54. The first kappa shape index (κ1) is 38.0. The molecule has 6 aliphatic carbocycles. The Kier molecular flexibility index (Phi) is 7.77. The van der Waals surface area contributed by atoms with E-state index < -0.39 is 0 Å². The molecule has 9 aromatic carbocycles. The molecule has 0 unspecified atom stereocenters. The first-order valence-electron chi connectivity index (χ1n) is 24.8. The highest BCUT2D eigenvalue weighted by Crippen LogP contribution is 2.69. The van der Waals surface area contributed by atoms with Gasteiger partial charge in [0.05, 0.1) is 16.7 Å². The number of hydrogen-bond donors (Lipinski definition) is 0. The van der Waals surface area contributed by atoms with Gasteiger partial charge in [-0.1, -0.05) is 147 Å². The Bertz CT molecular complexity index is 3670. The molecule has 0 atom stereocenters. The molecule has 67 heavy (non-hydrogen) atoms. The van der Waals surface area contributed by atoms with Crippen LogP contribution in [0.3, 0.4) is 0 Å². The number of fused-ring (bicyclic) bond motifs is 10. The summed E-state index contributed by atoms with van der Waals surface area (Å²) in [5, 5.41) is 5.04. The summed E-state index contributed by atoms with van der Waals surface area (Å²) in [5.74, 6) is 3.31. The maximum atomic E-state index is 2.66. The molecule has 1 heterocycles. The lowest BCUT2D eigenvalue weighted by Gasteiger charge is -2.61. The third-order valence-electron chi connectivity index (χ3n) is 17.8. The molecule has 2 nitrogen and oxygen atoms in total. The average Bonchev–Trinajstić information content (AvgIpc) is 3.94. The first-order chi connectivity index (χ1) is 32.9. The molecular formula is C65H52N2. The summed E-state index contributed by atoms with van der Waals surface area (Å²) in [6, 6.07) is 74.2. The number of nitrogens with zero attached hydrogens (tertiary/aromatic N) is 2. The van der Waals surface area contributed by atoms with Gasteiger partial charge in [-0.25, -0.2) is 0 Å². The van der Waals surface area contributed by atoms with Gasteiger partial charge in [0.1, 0.15) is 0 Å². The molecule has 322 valence electrons.